The van der Waals surface area contributed by atoms with Gasteiger partial charge in [-0.3, -0.25) is 0 Å². The Kier molecular flexibility index (Phi) is 4.82. The largest absolute Gasteiger partial charge is 0.396 e. The molecule has 0 amide bonds. The first-order valence-corrected chi connectivity index (χ1v) is 5.04. The highest BCUT2D eigenvalue weighted by atomic mass is 35.5. The van der Waals surface area contributed by atoms with Crippen LogP contribution in [-0.4, -0.2) is 11.7 Å². The summed E-state index contributed by atoms with van der Waals surface area (Å²) in [4.78, 5) is 0. The van der Waals surface area contributed by atoms with Gasteiger partial charge in [-0.25, -0.2) is 0 Å². The summed E-state index contributed by atoms with van der Waals surface area (Å²) in [6, 6.07) is 5.21. The quantitative estimate of drug-likeness (QED) is 0.610. The van der Waals surface area contributed by atoms with Crippen LogP contribution in [0.25, 0.3) is 0 Å². The maximum Gasteiger partial charge on any atom is 0.0577 e. The molecule has 0 radical (unpaired) electrons. The van der Waals surface area contributed by atoms with Crippen LogP contribution < -0.4 is 0 Å². The summed E-state index contributed by atoms with van der Waals surface area (Å²) < 4.78 is 0. The number of hydrogen-bond acceptors (Lipinski definition) is 1. The molecule has 1 aromatic rings. The molecule has 1 N–H and O–H groups in total. The fraction of sp³-hybridized carbons (Fsp3) is 0.273. The number of unbranched alkanes of at least 4 members (excludes halogenated alkanes) is 1. The summed E-state index contributed by atoms with van der Waals surface area (Å²) in [6.45, 7) is 0.170. The fourth-order valence-electron chi connectivity index (χ4n) is 0.916. The molecule has 0 fully saturated rings. The fourth-order valence-corrected chi connectivity index (χ4v) is 1.37. The standard InChI is InChI=1S/C11H10Cl2O/c12-10-6-5-9(11(13)8-10)4-2-1-3-7-14/h5-6,8,14H,1,3,7H2. The van der Waals surface area contributed by atoms with E-state index in [9.17, 15) is 0 Å². The van der Waals surface area contributed by atoms with E-state index in [1.54, 1.807) is 18.2 Å². The number of aliphatic hydroxyl groups excluding tert-OH is 1. The third-order valence-corrected chi connectivity index (χ3v) is 2.16. The molecule has 0 heterocycles. The molecule has 1 nitrogen and oxygen atoms in total. The number of benzene rings is 1. The Labute approximate surface area is 93.7 Å². The molecule has 3 heteroatoms. The number of aliphatic hydroxyl groups is 1. The Morgan fingerprint density at radius 1 is 1.29 bits per heavy atom. The van der Waals surface area contributed by atoms with Gasteiger partial charge in [0.2, 0.25) is 0 Å². The van der Waals surface area contributed by atoms with Crippen molar-refractivity contribution in [3.8, 4) is 11.8 Å². The van der Waals surface area contributed by atoms with Gasteiger partial charge in [-0.2, -0.15) is 0 Å². The van der Waals surface area contributed by atoms with Crippen molar-refractivity contribution < 1.29 is 5.11 Å². The SMILES string of the molecule is OCCCC#Cc1ccc(Cl)cc1Cl. The van der Waals surface area contributed by atoms with Crippen molar-refractivity contribution in [2.45, 2.75) is 12.8 Å². The first-order chi connectivity index (χ1) is 6.74. The van der Waals surface area contributed by atoms with Crippen molar-refractivity contribution in [3.63, 3.8) is 0 Å². The Morgan fingerprint density at radius 2 is 2.07 bits per heavy atom. The Morgan fingerprint density at radius 3 is 2.71 bits per heavy atom. The zero-order valence-corrected chi connectivity index (χ0v) is 9.07. The molecule has 1 rings (SSSR count). The van der Waals surface area contributed by atoms with Crippen molar-refractivity contribution in [2.75, 3.05) is 6.61 Å². The van der Waals surface area contributed by atoms with Crippen LogP contribution in [0.5, 0.6) is 0 Å². The van der Waals surface area contributed by atoms with E-state index in [2.05, 4.69) is 11.8 Å². The molecule has 0 aliphatic rings. The van der Waals surface area contributed by atoms with E-state index >= 15 is 0 Å². The third-order valence-electron chi connectivity index (χ3n) is 1.61. The summed E-state index contributed by atoms with van der Waals surface area (Å²) in [5, 5.41) is 9.71. The van der Waals surface area contributed by atoms with Crippen LogP contribution in [0.2, 0.25) is 10.0 Å². The van der Waals surface area contributed by atoms with Crippen molar-refractivity contribution >= 4 is 23.2 Å². The molecular formula is C11H10Cl2O. The van der Waals surface area contributed by atoms with Gasteiger partial charge in [0, 0.05) is 23.6 Å². The molecule has 74 valence electrons. The lowest BCUT2D eigenvalue weighted by molar-refractivity contribution is 0.290. The van der Waals surface area contributed by atoms with Crippen LogP contribution >= 0.6 is 23.2 Å². The van der Waals surface area contributed by atoms with Gasteiger partial charge < -0.3 is 5.11 Å². The van der Waals surface area contributed by atoms with Gasteiger partial charge in [-0.1, -0.05) is 35.0 Å². The summed E-state index contributed by atoms with van der Waals surface area (Å²) in [5.41, 5.74) is 0.772. The predicted octanol–water partition coefficient (Wildman–Crippen LogP) is 3.12. The average molecular weight is 229 g/mol. The van der Waals surface area contributed by atoms with Gasteiger partial charge in [-0.15, -0.1) is 0 Å². The zero-order valence-electron chi connectivity index (χ0n) is 7.56. The first kappa shape index (κ1) is 11.4. The van der Waals surface area contributed by atoms with E-state index in [1.165, 1.54) is 0 Å². The summed E-state index contributed by atoms with van der Waals surface area (Å²) in [6.07, 6.45) is 1.37. The minimum absolute atomic E-state index is 0.170. The molecule has 14 heavy (non-hydrogen) atoms. The highest BCUT2D eigenvalue weighted by molar-refractivity contribution is 6.35. The second-order valence-corrected chi connectivity index (χ2v) is 3.60. The number of hydrogen-bond donors (Lipinski definition) is 1. The van der Waals surface area contributed by atoms with Crippen molar-refractivity contribution in [2.24, 2.45) is 0 Å². The van der Waals surface area contributed by atoms with Crippen LogP contribution in [0, 0.1) is 11.8 Å². The lowest BCUT2D eigenvalue weighted by Crippen LogP contribution is -1.80. The molecule has 0 bridgehead atoms. The molecule has 1 aromatic carbocycles. The number of halogens is 2. The zero-order chi connectivity index (χ0) is 10.4. The highest BCUT2D eigenvalue weighted by Crippen LogP contribution is 2.19. The van der Waals surface area contributed by atoms with Crippen LogP contribution in [-0.2, 0) is 0 Å². The first-order valence-electron chi connectivity index (χ1n) is 4.29. The normalized spacial score (nSPS) is 9.36. The molecule has 0 saturated carbocycles. The lowest BCUT2D eigenvalue weighted by Gasteiger charge is -1.95. The highest BCUT2D eigenvalue weighted by Gasteiger charge is 1.96. The predicted molar refractivity (Wildman–Crippen MR) is 59.7 cm³/mol. The lowest BCUT2D eigenvalue weighted by atomic mass is 10.2. The monoisotopic (exact) mass is 228 g/mol. The van der Waals surface area contributed by atoms with Crippen molar-refractivity contribution in [1.29, 1.82) is 0 Å². The van der Waals surface area contributed by atoms with Crippen LogP contribution in [0.1, 0.15) is 18.4 Å². The molecule has 0 aliphatic carbocycles. The minimum atomic E-state index is 0.170. The minimum Gasteiger partial charge on any atom is -0.396 e. The van der Waals surface area contributed by atoms with Crippen LogP contribution in [0.15, 0.2) is 18.2 Å². The Bertz CT molecular complexity index is 363. The van der Waals surface area contributed by atoms with Crippen LogP contribution in [0.4, 0.5) is 0 Å². The van der Waals surface area contributed by atoms with Gasteiger partial charge >= 0.3 is 0 Å². The molecule has 0 unspecified atom stereocenters. The molecule has 0 aliphatic heterocycles. The van der Waals surface area contributed by atoms with Crippen molar-refractivity contribution in [3.05, 3.63) is 33.8 Å². The van der Waals surface area contributed by atoms with E-state index in [1.807, 2.05) is 0 Å². The van der Waals surface area contributed by atoms with Crippen molar-refractivity contribution in [1.82, 2.24) is 0 Å². The molecule has 0 saturated heterocycles. The molecule has 0 atom stereocenters. The topological polar surface area (TPSA) is 20.2 Å². The molecule has 0 aromatic heterocycles. The second-order valence-electron chi connectivity index (χ2n) is 2.75. The van der Waals surface area contributed by atoms with Gasteiger partial charge in [0.1, 0.15) is 0 Å². The van der Waals surface area contributed by atoms with E-state index in [0.717, 1.165) is 5.56 Å². The van der Waals surface area contributed by atoms with Gasteiger partial charge in [0.25, 0.3) is 0 Å². The summed E-state index contributed by atoms with van der Waals surface area (Å²) >= 11 is 11.6. The van der Waals surface area contributed by atoms with E-state index in [0.29, 0.717) is 22.9 Å². The van der Waals surface area contributed by atoms with E-state index < -0.39 is 0 Å². The molecule has 0 spiro atoms. The maximum atomic E-state index is 8.54. The van der Waals surface area contributed by atoms with Crippen LogP contribution in [0.3, 0.4) is 0 Å². The van der Waals surface area contributed by atoms with Gasteiger partial charge in [0.05, 0.1) is 5.02 Å². The smallest absolute Gasteiger partial charge is 0.0577 e. The number of rotatable bonds is 2. The third kappa shape index (κ3) is 3.59. The average Bonchev–Trinajstić information content (AvgIpc) is 2.15. The van der Waals surface area contributed by atoms with E-state index in [4.69, 9.17) is 28.3 Å². The summed E-state index contributed by atoms with van der Waals surface area (Å²) in [7, 11) is 0. The maximum absolute atomic E-state index is 8.54. The Balaban J connectivity index is 2.70. The Hall–Kier alpha value is -0.680. The second kappa shape index (κ2) is 5.93. The molecular weight excluding hydrogens is 219 g/mol. The van der Waals surface area contributed by atoms with Gasteiger partial charge in [0.15, 0.2) is 0 Å². The van der Waals surface area contributed by atoms with Gasteiger partial charge in [-0.05, 0) is 24.6 Å². The summed E-state index contributed by atoms with van der Waals surface area (Å²) in [5.74, 6) is 5.85. The van der Waals surface area contributed by atoms with E-state index in [-0.39, 0.29) is 6.61 Å².